The Morgan fingerprint density at radius 2 is 1.71 bits per heavy atom. The van der Waals surface area contributed by atoms with Crippen molar-refractivity contribution in [1.82, 2.24) is 5.32 Å². The minimum atomic E-state index is -0.802. The highest BCUT2D eigenvalue weighted by Crippen LogP contribution is 2.41. The van der Waals surface area contributed by atoms with Crippen LogP contribution in [0.2, 0.25) is 0 Å². The van der Waals surface area contributed by atoms with Crippen LogP contribution in [-0.4, -0.2) is 23.5 Å². The molecule has 0 aromatic rings. The molecule has 1 rings (SSSR count). The summed E-state index contributed by atoms with van der Waals surface area (Å²) in [4.78, 5) is 23.3. The standard InChI is InChI=1S/C17H31NO3/c1-14(2)9-5-3-4-8-12-18-15(19)13-17(16(20)21)10-6-7-11-17/h14H,3-13H2,1-2H3,(H,18,19)(H,20,21). The van der Waals surface area contributed by atoms with Crippen molar-refractivity contribution in [2.24, 2.45) is 11.3 Å². The van der Waals surface area contributed by atoms with E-state index in [1.807, 2.05) is 0 Å². The Labute approximate surface area is 128 Å². The molecule has 1 aliphatic carbocycles. The molecule has 0 spiro atoms. The first kappa shape index (κ1) is 18.0. The van der Waals surface area contributed by atoms with Gasteiger partial charge in [0.1, 0.15) is 0 Å². The number of carbonyl (C=O) groups is 2. The van der Waals surface area contributed by atoms with E-state index in [4.69, 9.17) is 0 Å². The molecule has 0 aromatic carbocycles. The average molecular weight is 297 g/mol. The second-order valence-electron chi connectivity index (χ2n) is 6.92. The maximum absolute atomic E-state index is 11.9. The molecule has 0 unspecified atom stereocenters. The lowest BCUT2D eigenvalue weighted by atomic mass is 9.82. The van der Waals surface area contributed by atoms with E-state index in [1.165, 1.54) is 19.3 Å². The Kier molecular flexibility index (Phi) is 7.76. The quantitative estimate of drug-likeness (QED) is 0.604. The first-order valence-electron chi connectivity index (χ1n) is 8.46. The molecule has 0 atom stereocenters. The zero-order valence-corrected chi connectivity index (χ0v) is 13.6. The van der Waals surface area contributed by atoms with Crippen molar-refractivity contribution >= 4 is 11.9 Å². The number of hydrogen-bond donors (Lipinski definition) is 2. The summed E-state index contributed by atoms with van der Waals surface area (Å²) in [6, 6.07) is 0. The van der Waals surface area contributed by atoms with Crippen LogP contribution in [0.4, 0.5) is 0 Å². The Morgan fingerprint density at radius 3 is 2.29 bits per heavy atom. The van der Waals surface area contributed by atoms with E-state index in [2.05, 4.69) is 19.2 Å². The van der Waals surface area contributed by atoms with Gasteiger partial charge in [-0.1, -0.05) is 52.4 Å². The van der Waals surface area contributed by atoms with Crippen LogP contribution >= 0.6 is 0 Å². The number of aliphatic carboxylic acids is 1. The van der Waals surface area contributed by atoms with Gasteiger partial charge < -0.3 is 10.4 Å². The van der Waals surface area contributed by atoms with E-state index in [0.717, 1.165) is 31.6 Å². The van der Waals surface area contributed by atoms with E-state index in [9.17, 15) is 14.7 Å². The van der Waals surface area contributed by atoms with Gasteiger partial charge in [0.2, 0.25) is 5.91 Å². The van der Waals surface area contributed by atoms with Crippen LogP contribution in [0.25, 0.3) is 0 Å². The summed E-state index contributed by atoms with van der Waals surface area (Å²) in [6.45, 7) is 5.15. The number of unbranched alkanes of at least 4 members (excludes halogenated alkanes) is 3. The van der Waals surface area contributed by atoms with E-state index in [1.54, 1.807) is 0 Å². The van der Waals surface area contributed by atoms with E-state index < -0.39 is 11.4 Å². The monoisotopic (exact) mass is 297 g/mol. The Hall–Kier alpha value is -1.06. The van der Waals surface area contributed by atoms with Crippen LogP contribution < -0.4 is 5.32 Å². The van der Waals surface area contributed by atoms with Crippen molar-refractivity contribution in [3.63, 3.8) is 0 Å². The molecule has 2 N–H and O–H groups in total. The highest BCUT2D eigenvalue weighted by Gasteiger charge is 2.42. The number of rotatable bonds is 10. The summed E-state index contributed by atoms with van der Waals surface area (Å²) >= 11 is 0. The summed E-state index contributed by atoms with van der Waals surface area (Å²) in [5, 5.41) is 12.2. The number of amides is 1. The molecule has 4 heteroatoms. The van der Waals surface area contributed by atoms with E-state index in [0.29, 0.717) is 19.4 Å². The summed E-state index contributed by atoms with van der Waals surface area (Å²) in [6.07, 6.45) is 9.16. The number of hydrogen-bond acceptors (Lipinski definition) is 2. The molecular weight excluding hydrogens is 266 g/mol. The van der Waals surface area contributed by atoms with Crippen molar-refractivity contribution < 1.29 is 14.7 Å². The molecule has 0 bridgehead atoms. The van der Waals surface area contributed by atoms with Gasteiger partial charge in [0.25, 0.3) is 0 Å². The molecule has 4 nitrogen and oxygen atoms in total. The Bertz CT molecular complexity index is 333. The maximum Gasteiger partial charge on any atom is 0.310 e. The van der Waals surface area contributed by atoms with Crippen LogP contribution in [0.15, 0.2) is 0 Å². The number of carboxylic acids is 1. The molecule has 0 heterocycles. The largest absolute Gasteiger partial charge is 0.481 e. The molecule has 1 fully saturated rings. The van der Waals surface area contributed by atoms with Crippen molar-refractivity contribution in [2.75, 3.05) is 6.54 Å². The van der Waals surface area contributed by atoms with Gasteiger partial charge in [0.05, 0.1) is 5.41 Å². The number of carbonyl (C=O) groups excluding carboxylic acids is 1. The fourth-order valence-electron chi connectivity index (χ4n) is 3.15. The number of carboxylic acid groups (broad SMARTS) is 1. The highest BCUT2D eigenvalue weighted by atomic mass is 16.4. The molecule has 1 amide bonds. The molecule has 21 heavy (non-hydrogen) atoms. The summed E-state index contributed by atoms with van der Waals surface area (Å²) in [5.41, 5.74) is -0.790. The lowest BCUT2D eigenvalue weighted by Gasteiger charge is -2.22. The van der Waals surface area contributed by atoms with Gasteiger partial charge in [-0.05, 0) is 25.2 Å². The van der Waals surface area contributed by atoms with Crippen LogP contribution in [0.3, 0.4) is 0 Å². The Morgan fingerprint density at radius 1 is 1.10 bits per heavy atom. The zero-order chi connectivity index (χ0) is 15.7. The fourth-order valence-corrected chi connectivity index (χ4v) is 3.15. The smallest absolute Gasteiger partial charge is 0.310 e. The molecule has 0 radical (unpaired) electrons. The third-order valence-electron chi connectivity index (χ3n) is 4.54. The topological polar surface area (TPSA) is 66.4 Å². The first-order chi connectivity index (χ1) is 9.96. The van der Waals surface area contributed by atoms with Gasteiger partial charge in [-0.15, -0.1) is 0 Å². The summed E-state index contributed by atoms with van der Waals surface area (Å²) in [5.74, 6) is -0.131. The van der Waals surface area contributed by atoms with Crippen LogP contribution in [0.5, 0.6) is 0 Å². The van der Waals surface area contributed by atoms with Gasteiger partial charge in [-0.25, -0.2) is 0 Å². The van der Waals surface area contributed by atoms with Crippen LogP contribution in [0, 0.1) is 11.3 Å². The minimum absolute atomic E-state index is 0.0959. The molecular formula is C17H31NO3. The van der Waals surface area contributed by atoms with Gasteiger partial charge in [-0.3, -0.25) is 9.59 Å². The second kappa shape index (κ2) is 9.06. The van der Waals surface area contributed by atoms with Crippen molar-refractivity contribution in [3.8, 4) is 0 Å². The lowest BCUT2D eigenvalue weighted by molar-refractivity contribution is -0.151. The highest BCUT2D eigenvalue weighted by molar-refractivity contribution is 5.85. The second-order valence-corrected chi connectivity index (χ2v) is 6.92. The summed E-state index contributed by atoms with van der Waals surface area (Å²) in [7, 11) is 0. The van der Waals surface area contributed by atoms with Gasteiger partial charge in [-0.2, -0.15) is 0 Å². The van der Waals surface area contributed by atoms with E-state index in [-0.39, 0.29) is 12.3 Å². The van der Waals surface area contributed by atoms with Gasteiger partial charge in [0, 0.05) is 13.0 Å². The third kappa shape index (κ3) is 6.49. The molecule has 0 saturated heterocycles. The molecule has 0 aliphatic heterocycles. The first-order valence-corrected chi connectivity index (χ1v) is 8.46. The normalized spacial score (nSPS) is 17.1. The summed E-state index contributed by atoms with van der Waals surface area (Å²) < 4.78 is 0. The van der Waals surface area contributed by atoms with Crippen LogP contribution in [0.1, 0.15) is 78.1 Å². The van der Waals surface area contributed by atoms with Crippen LogP contribution in [-0.2, 0) is 9.59 Å². The molecule has 1 aliphatic rings. The van der Waals surface area contributed by atoms with Gasteiger partial charge >= 0.3 is 5.97 Å². The maximum atomic E-state index is 11.9. The number of nitrogens with one attached hydrogen (secondary N) is 1. The third-order valence-corrected chi connectivity index (χ3v) is 4.54. The average Bonchev–Trinajstić information content (AvgIpc) is 2.87. The predicted molar refractivity (Wildman–Crippen MR) is 84.1 cm³/mol. The van der Waals surface area contributed by atoms with Crippen molar-refractivity contribution in [2.45, 2.75) is 78.1 Å². The van der Waals surface area contributed by atoms with Crippen molar-refractivity contribution in [1.29, 1.82) is 0 Å². The van der Waals surface area contributed by atoms with E-state index >= 15 is 0 Å². The predicted octanol–water partition coefficient (Wildman–Crippen LogP) is 3.74. The van der Waals surface area contributed by atoms with Crippen molar-refractivity contribution in [3.05, 3.63) is 0 Å². The van der Waals surface area contributed by atoms with Gasteiger partial charge in [0.15, 0.2) is 0 Å². The molecule has 1 saturated carbocycles. The molecule has 0 aromatic heterocycles. The fraction of sp³-hybridized carbons (Fsp3) is 0.882. The minimum Gasteiger partial charge on any atom is -0.481 e. The molecule has 122 valence electrons. The zero-order valence-electron chi connectivity index (χ0n) is 13.6. The SMILES string of the molecule is CC(C)CCCCCCNC(=O)CC1(C(=O)O)CCCC1. The lowest BCUT2D eigenvalue weighted by Crippen LogP contribution is -2.36. The Balaban J connectivity index is 2.12.